The van der Waals surface area contributed by atoms with Crippen LogP contribution in [-0.4, -0.2) is 55.0 Å². The molecule has 8 heteroatoms. The maximum Gasteiger partial charge on any atom is 0.410 e. The summed E-state index contributed by atoms with van der Waals surface area (Å²) in [6.45, 7) is 7.87. The number of halogens is 1. The van der Waals surface area contributed by atoms with E-state index in [1.165, 1.54) is 28.6 Å². The second-order valence-electron chi connectivity index (χ2n) is 7.26. The molecule has 0 spiro atoms. The molecule has 0 saturated carbocycles. The SMILES string of the molecule is C[C@@H]1CN(S(=O)(=O)Cc2ccc(F)cc2)CCN1C(=O)OC(C)(C)C. The molecule has 1 amide bonds. The Morgan fingerprint density at radius 1 is 1.24 bits per heavy atom. The zero-order chi connectivity index (χ0) is 18.8. The lowest BCUT2D eigenvalue weighted by molar-refractivity contribution is 0.00857. The lowest BCUT2D eigenvalue weighted by Gasteiger charge is -2.39. The second kappa shape index (κ2) is 7.29. The van der Waals surface area contributed by atoms with Crippen LogP contribution in [0.2, 0.25) is 0 Å². The van der Waals surface area contributed by atoms with Gasteiger partial charge in [-0.3, -0.25) is 0 Å². The number of hydrogen-bond donors (Lipinski definition) is 0. The van der Waals surface area contributed by atoms with Crippen molar-refractivity contribution in [2.24, 2.45) is 0 Å². The van der Waals surface area contributed by atoms with Crippen LogP contribution in [0.25, 0.3) is 0 Å². The summed E-state index contributed by atoms with van der Waals surface area (Å²) in [5.41, 5.74) is -0.0635. The number of carbonyl (C=O) groups excluding carboxylic acids is 1. The van der Waals surface area contributed by atoms with Gasteiger partial charge in [0, 0.05) is 25.7 Å². The van der Waals surface area contributed by atoms with Crippen molar-refractivity contribution in [1.82, 2.24) is 9.21 Å². The molecule has 0 radical (unpaired) electrons. The molecule has 1 aromatic rings. The molecule has 1 atom stereocenters. The minimum absolute atomic E-state index is 0.188. The number of nitrogens with zero attached hydrogens (tertiary/aromatic N) is 2. The Bertz CT molecular complexity index is 713. The van der Waals surface area contributed by atoms with Gasteiger partial charge in [0.15, 0.2) is 0 Å². The van der Waals surface area contributed by atoms with Crippen LogP contribution in [0, 0.1) is 5.82 Å². The number of carbonyl (C=O) groups is 1. The van der Waals surface area contributed by atoms with Crippen LogP contribution in [0.15, 0.2) is 24.3 Å². The van der Waals surface area contributed by atoms with E-state index >= 15 is 0 Å². The molecule has 6 nitrogen and oxygen atoms in total. The smallest absolute Gasteiger partial charge is 0.410 e. The predicted molar refractivity (Wildman–Crippen MR) is 93.0 cm³/mol. The quantitative estimate of drug-likeness (QED) is 0.818. The molecule has 1 aliphatic rings. The van der Waals surface area contributed by atoms with Crippen LogP contribution in [0.1, 0.15) is 33.3 Å². The summed E-state index contributed by atoms with van der Waals surface area (Å²) >= 11 is 0. The van der Waals surface area contributed by atoms with Crippen molar-refractivity contribution in [3.8, 4) is 0 Å². The largest absolute Gasteiger partial charge is 0.444 e. The van der Waals surface area contributed by atoms with Crippen LogP contribution in [-0.2, 0) is 20.5 Å². The molecule has 0 N–H and O–H groups in total. The molecule has 1 fully saturated rings. The molecule has 1 aromatic carbocycles. The third-order valence-corrected chi connectivity index (χ3v) is 5.69. The Labute approximate surface area is 148 Å². The zero-order valence-electron chi connectivity index (χ0n) is 15.0. The van der Waals surface area contributed by atoms with Crippen LogP contribution >= 0.6 is 0 Å². The van der Waals surface area contributed by atoms with Crippen molar-refractivity contribution >= 4 is 16.1 Å². The average Bonchev–Trinajstić information content (AvgIpc) is 2.47. The molecule has 140 valence electrons. The van der Waals surface area contributed by atoms with Gasteiger partial charge in [0.05, 0.1) is 5.75 Å². The van der Waals surface area contributed by atoms with Crippen molar-refractivity contribution in [2.45, 2.75) is 45.1 Å². The van der Waals surface area contributed by atoms with Crippen LogP contribution in [0.3, 0.4) is 0 Å². The molecule has 1 saturated heterocycles. The predicted octanol–water partition coefficient (Wildman–Crippen LogP) is 2.60. The number of amides is 1. The van der Waals surface area contributed by atoms with Gasteiger partial charge in [-0.1, -0.05) is 12.1 Å². The Hall–Kier alpha value is -1.67. The molecule has 0 bridgehead atoms. The minimum atomic E-state index is -3.53. The number of ether oxygens (including phenoxy) is 1. The Kier molecular flexibility index (Phi) is 5.73. The fourth-order valence-electron chi connectivity index (χ4n) is 2.65. The lowest BCUT2D eigenvalue weighted by atomic mass is 10.2. The van der Waals surface area contributed by atoms with E-state index in [-0.39, 0.29) is 31.4 Å². The molecule has 0 aromatic heterocycles. The summed E-state index contributed by atoms with van der Waals surface area (Å²) in [7, 11) is -3.53. The van der Waals surface area contributed by atoms with E-state index in [9.17, 15) is 17.6 Å². The Morgan fingerprint density at radius 2 is 1.84 bits per heavy atom. The Balaban J connectivity index is 2.01. The summed E-state index contributed by atoms with van der Waals surface area (Å²) in [6, 6.07) is 5.13. The van der Waals surface area contributed by atoms with E-state index < -0.39 is 27.5 Å². The lowest BCUT2D eigenvalue weighted by Crippen LogP contribution is -2.56. The van der Waals surface area contributed by atoms with Crippen molar-refractivity contribution in [3.63, 3.8) is 0 Å². The van der Waals surface area contributed by atoms with Crippen molar-refractivity contribution < 1.29 is 22.3 Å². The van der Waals surface area contributed by atoms with Gasteiger partial charge in [-0.25, -0.2) is 17.6 Å². The highest BCUT2D eigenvalue weighted by Gasteiger charge is 2.35. The molecule has 1 heterocycles. The van der Waals surface area contributed by atoms with Crippen LogP contribution < -0.4 is 0 Å². The summed E-state index contributed by atoms with van der Waals surface area (Å²) in [5.74, 6) is -0.590. The molecule has 0 unspecified atom stereocenters. The van der Waals surface area contributed by atoms with Gasteiger partial charge in [0.1, 0.15) is 11.4 Å². The van der Waals surface area contributed by atoms with E-state index in [1.54, 1.807) is 32.6 Å². The van der Waals surface area contributed by atoms with Crippen LogP contribution in [0.4, 0.5) is 9.18 Å². The fourth-order valence-corrected chi connectivity index (χ4v) is 4.25. The van der Waals surface area contributed by atoms with E-state index in [0.717, 1.165) is 0 Å². The van der Waals surface area contributed by atoms with Crippen molar-refractivity contribution in [2.75, 3.05) is 19.6 Å². The summed E-state index contributed by atoms with van der Waals surface area (Å²) in [4.78, 5) is 13.8. The maximum atomic E-state index is 13.0. The third-order valence-electron chi connectivity index (χ3n) is 3.87. The topological polar surface area (TPSA) is 66.9 Å². The van der Waals surface area contributed by atoms with Gasteiger partial charge in [-0.05, 0) is 45.4 Å². The first kappa shape index (κ1) is 19.7. The molecule has 25 heavy (non-hydrogen) atoms. The van der Waals surface area contributed by atoms with Gasteiger partial charge in [-0.2, -0.15) is 4.31 Å². The van der Waals surface area contributed by atoms with E-state index in [4.69, 9.17) is 4.74 Å². The average molecular weight is 372 g/mol. The van der Waals surface area contributed by atoms with E-state index in [0.29, 0.717) is 5.56 Å². The number of rotatable bonds is 3. The molecule has 2 rings (SSSR count). The molecule has 0 aliphatic carbocycles. The minimum Gasteiger partial charge on any atom is -0.444 e. The number of piperazine rings is 1. The first-order valence-corrected chi connectivity index (χ1v) is 9.81. The number of sulfonamides is 1. The number of benzene rings is 1. The van der Waals surface area contributed by atoms with E-state index in [2.05, 4.69) is 0 Å². The summed E-state index contributed by atoms with van der Waals surface area (Å²) in [6.07, 6.45) is -0.435. The van der Waals surface area contributed by atoms with Gasteiger partial charge in [-0.15, -0.1) is 0 Å². The zero-order valence-corrected chi connectivity index (χ0v) is 15.8. The summed E-state index contributed by atoms with van der Waals surface area (Å²) < 4.78 is 44.9. The molecular formula is C17H25FN2O4S. The van der Waals surface area contributed by atoms with Gasteiger partial charge in [0.25, 0.3) is 0 Å². The standard InChI is InChI=1S/C17H25FN2O4S/c1-13-11-19(9-10-20(13)16(21)24-17(2,3)4)25(22,23)12-14-5-7-15(18)8-6-14/h5-8,13H,9-12H2,1-4H3/t13-/m1/s1. The fraction of sp³-hybridized carbons (Fsp3) is 0.588. The highest BCUT2D eigenvalue weighted by molar-refractivity contribution is 7.88. The Morgan fingerprint density at radius 3 is 2.36 bits per heavy atom. The third kappa shape index (κ3) is 5.40. The first-order valence-electron chi connectivity index (χ1n) is 8.20. The van der Waals surface area contributed by atoms with Gasteiger partial charge < -0.3 is 9.64 Å². The van der Waals surface area contributed by atoms with Crippen molar-refractivity contribution in [1.29, 1.82) is 0 Å². The molecule has 1 aliphatic heterocycles. The normalized spacial score (nSPS) is 19.7. The monoisotopic (exact) mass is 372 g/mol. The molecular weight excluding hydrogens is 347 g/mol. The highest BCUT2D eigenvalue weighted by atomic mass is 32.2. The number of hydrogen-bond acceptors (Lipinski definition) is 4. The van der Waals surface area contributed by atoms with Gasteiger partial charge in [0.2, 0.25) is 10.0 Å². The summed E-state index contributed by atoms with van der Waals surface area (Å²) in [5, 5.41) is 0. The van der Waals surface area contributed by atoms with E-state index in [1.807, 2.05) is 0 Å². The maximum absolute atomic E-state index is 13.0. The first-order chi connectivity index (χ1) is 11.5. The van der Waals surface area contributed by atoms with Crippen LogP contribution in [0.5, 0.6) is 0 Å². The highest BCUT2D eigenvalue weighted by Crippen LogP contribution is 2.19. The van der Waals surface area contributed by atoms with Gasteiger partial charge >= 0.3 is 6.09 Å². The second-order valence-corrected chi connectivity index (χ2v) is 9.23. The van der Waals surface area contributed by atoms with Crippen molar-refractivity contribution in [3.05, 3.63) is 35.6 Å².